The largest absolute Gasteiger partial charge is 0.356 e. The molecule has 0 atom stereocenters. The van der Waals surface area contributed by atoms with Gasteiger partial charge in [-0.2, -0.15) is 0 Å². The summed E-state index contributed by atoms with van der Waals surface area (Å²) in [4.78, 5) is 11.4. The lowest BCUT2D eigenvalue weighted by molar-refractivity contribution is 0.442. The number of hydrogen-bond donors (Lipinski definition) is 0. The number of anilines is 1. The summed E-state index contributed by atoms with van der Waals surface area (Å²) in [5.74, 6) is 3.35. The molecular formula is C12H16ClN3. The highest BCUT2D eigenvalue weighted by molar-refractivity contribution is 6.30. The van der Waals surface area contributed by atoms with Gasteiger partial charge in [0.15, 0.2) is 0 Å². The summed E-state index contributed by atoms with van der Waals surface area (Å²) in [6, 6.07) is 0. The normalized spacial score (nSPS) is 21.1. The fourth-order valence-corrected chi connectivity index (χ4v) is 2.37. The van der Waals surface area contributed by atoms with Crippen LogP contribution in [0.4, 0.5) is 5.82 Å². The summed E-state index contributed by atoms with van der Waals surface area (Å²) < 4.78 is 0. The Hall–Kier alpha value is -0.830. The second-order valence-corrected chi connectivity index (χ2v) is 5.46. The maximum Gasteiger partial charge on any atom is 0.137 e. The van der Waals surface area contributed by atoms with Gasteiger partial charge in [0.1, 0.15) is 16.8 Å². The maximum absolute atomic E-state index is 6.17. The highest BCUT2D eigenvalue weighted by atomic mass is 35.5. The van der Waals surface area contributed by atoms with E-state index in [1.54, 1.807) is 0 Å². The van der Waals surface area contributed by atoms with Gasteiger partial charge in [0.05, 0.1) is 0 Å². The van der Waals surface area contributed by atoms with Gasteiger partial charge in [-0.05, 0) is 25.7 Å². The van der Waals surface area contributed by atoms with Crippen molar-refractivity contribution in [2.75, 3.05) is 18.0 Å². The summed E-state index contributed by atoms with van der Waals surface area (Å²) in [5.41, 5.74) is 1.03. The Bertz CT molecular complexity index is 423. The summed E-state index contributed by atoms with van der Waals surface area (Å²) in [5, 5.41) is 0.631. The first kappa shape index (κ1) is 10.3. The van der Waals surface area contributed by atoms with Crippen molar-refractivity contribution in [3.63, 3.8) is 0 Å². The van der Waals surface area contributed by atoms with Gasteiger partial charge >= 0.3 is 0 Å². The third-order valence-electron chi connectivity index (χ3n) is 3.38. The first-order chi connectivity index (χ1) is 7.65. The van der Waals surface area contributed by atoms with Crippen LogP contribution >= 0.6 is 11.6 Å². The van der Waals surface area contributed by atoms with Gasteiger partial charge in [0.25, 0.3) is 0 Å². The lowest BCUT2D eigenvalue weighted by Crippen LogP contribution is -2.46. The van der Waals surface area contributed by atoms with Crippen LogP contribution in [0, 0.1) is 12.8 Å². The number of hydrogen-bond acceptors (Lipinski definition) is 3. The molecule has 1 saturated heterocycles. The molecule has 0 N–H and O–H groups in total. The van der Waals surface area contributed by atoms with Crippen LogP contribution in [-0.2, 0) is 0 Å². The van der Waals surface area contributed by atoms with Crippen LogP contribution in [0.25, 0.3) is 0 Å². The molecule has 0 bridgehead atoms. The molecule has 2 heterocycles. The summed E-state index contributed by atoms with van der Waals surface area (Å²) in [6.45, 7) is 6.46. The standard InChI is InChI=1S/C12H16ClN3/c1-7-5-16(6-7)12-8(2)10(13)14-11(15-12)9-3-4-9/h7,9H,3-6H2,1-2H3. The number of halogens is 1. The SMILES string of the molecule is Cc1c(Cl)nc(C2CC2)nc1N1CC(C)C1. The maximum atomic E-state index is 6.17. The van der Waals surface area contributed by atoms with E-state index in [9.17, 15) is 0 Å². The number of rotatable bonds is 2. The van der Waals surface area contributed by atoms with Crippen LogP contribution in [0.15, 0.2) is 0 Å². The molecule has 3 nitrogen and oxygen atoms in total. The van der Waals surface area contributed by atoms with Crippen LogP contribution in [0.2, 0.25) is 5.15 Å². The van der Waals surface area contributed by atoms with E-state index in [0.717, 1.165) is 36.2 Å². The first-order valence-electron chi connectivity index (χ1n) is 5.94. The lowest BCUT2D eigenvalue weighted by atomic mass is 10.0. The van der Waals surface area contributed by atoms with Crippen molar-refractivity contribution < 1.29 is 0 Å². The van der Waals surface area contributed by atoms with E-state index in [2.05, 4.69) is 21.8 Å². The molecule has 0 spiro atoms. The van der Waals surface area contributed by atoms with E-state index in [1.807, 2.05) is 6.92 Å². The van der Waals surface area contributed by atoms with Crippen LogP contribution in [-0.4, -0.2) is 23.1 Å². The number of aromatic nitrogens is 2. The zero-order valence-corrected chi connectivity index (χ0v) is 10.5. The van der Waals surface area contributed by atoms with Crippen molar-refractivity contribution in [2.45, 2.75) is 32.6 Å². The predicted octanol–water partition coefficient (Wildman–Crippen LogP) is 2.77. The van der Waals surface area contributed by atoms with Crippen LogP contribution in [0.5, 0.6) is 0 Å². The first-order valence-corrected chi connectivity index (χ1v) is 6.32. The van der Waals surface area contributed by atoms with Crippen LogP contribution < -0.4 is 4.90 Å². The Morgan fingerprint density at radius 3 is 2.50 bits per heavy atom. The fourth-order valence-electron chi connectivity index (χ4n) is 2.20. The molecule has 4 heteroatoms. The van der Waals surface area contributed by atoms with E-state index in [0.29, 0.717) is 11.1 Å². The zero-order valence-electron chi connectivity index (χ0n) is 9.70. The Morgan fingerprint density at radius 2 is 1.94 bits per heavy atom. The minimum absolute atomic E-state index is 0.565. The Balaban J connectivity index is 1.95. The topological polar surface area (TPSA) is 29.0 Å². The third-order valence-corrected chi connectivity index (χ3v) is 3.75. The quantitative estimate of drug-likeness (QED) is 0.741. The Labute approximate surface area is 101 Å². The van der Waals surface area contributed by atoms with E-state index in [4.69, 9.17) is 11.6 Å². The highest BCUT2D eigenvalue weighted by Crippen LogP contribution is 2.40. The Morgan fingerprint density at radius 1 is 1.25 bits per heavy atom. The molecule has 16 heavy (non-hydrogen) atoms. The van der Waals surface area contributed by atoms with Crippen LogP contribution in [0.1, 0.15) is 37.1 Å². The average Bonchev–Trinajstić information content (AvgIpc) is 3.01. The van der Waals surface area contributed by atoms with Gasteiger partial charge in [-0.25, -0.2) is 9.97 Å². The van der Waals surface area contributed by atoms with Crippen molar-refractivity contribution in [1.29, 1.82) is 0 Å². The van der Waals surface area contributed by atoms with Gasteiger partial charge < -0.3 is 4.90 Å². The zero-order chi connectivity index (χ0) is 11.3. The Kier molecular flexibility index (Phi) is 2.32. The second-order valence-electron chi connectivity index (χ2n) is 5.11. The molecule has 2 fully saturated rings. The van der Waals surface area contributed by atoms with Crippen molar-refractivity contribution in [1.82, 2.24) is 9.97 Å². The molecule has 0 radical (unpaired) electrons. The fraction of sp³-hybridized carbons (Fsp3) is 0.667. The molecule has 2 aliphatic rings. The van der Waals surface area contributed by atoms with Gasteiger partial charge in [0, 0.05) is 24.6 Å². The third kappa shape index (κ3) is 1.67. The van der Waals surface area contributed by atoms with Gasteiger partial charge in [-0.3, -0.25) is 0 Å². The molecule has 1 saturated carbocycles. The molecule has 1 aromatic heterocycles. The van der Waals surface area contributed by atoms with E-state index in [1.165, 1.54) is 12.8 Å². The summed E-state index contributed by atoms with van der Waals surface area (Å²) >= 11 is 6.17. The summed E-state index contributed by atoms with van der Waals surface area (Å²) in [6.07, 6.45) is 2.43. The monoisotopic (exact) mass is 237 g/mol. The van der Waals surface area contributed by atoms with E-state index >= 15 is 0 Å². The van der Waals surface area contributed by atoms with E-state index < -0.39 is 0 Å². The minimum atomic E-state index is 0.565. The van der Waals surface area contributed by atoms with Crippen molar-refractivity contribution in [2.24, 2.45) is 5.92 Å². The van der Waals surface area contributed by atoms with E-state index in [-0.39, 0.29) is 0 Å². The van der Waals surface area contributed by atoms with Crippen LogP contribution in [0.3, 0.4) is 0 Å². The number of nitrogens with zero attached hydrogens (tertiary/aromatic N) is 3. The van der Waals surface area contributed by atoms with Gasteiger partial charge in [-0.1, -0.05) is 18.5 Å². The molecule has 1 aliphatic heterocycles. The second kappa shape index (κ2) is 3.59. The molecule has 0 unspecified atom stereocenters. The van der Waals surface area contributed by atoms with Crippen molar-refractivity contribution in [3.05, 3.63) is 16.5 Å². The molecule has 0 amide bonds. The van der Waals surface area contributed by atoms with Gasteiger partial charge in [-0.15, -0.1) is 0 Å². The average molecular weight is 238 g/mol. The molecule has 1 aromatic rings. The lowest BCUT2D eigenvalue weighted by Gasteiger charge is -2.39. The summed E-state index contributed by atoms with van der Waals surface area (Å²) in [7, 11) is 0. The highest BCUT2D eigenvalue weighted by Gasteiger charge is 2.31. The molecule has 3 rings (SSSR count). The minimum Gasteiger partial charge on any atom is -0.356 e. The molecule has 86 valence electrons. The molecular weight excluding hydrogens is 222 g/mol. The predicted molar refractivity (Wildman–Crippen MR) is 65.1 cm³/mol. The molecule has 0 aromatic carbocycles. The smallest absolute Gasteiger partial charge is 0.137 e. The van der Waals surface area contributed by atoms with Crippen molar-refractivity contribution >= 4 is 17.4 Å². The molecule has 1 aliphatic carbocycles. The van der Waals surface area contributed by atoms with Crippen molar-refractivity contribution in [3.8, 4) is 0 Å². The van der Waals surface area contributed by atoms with Gasteiger partial charge in [0.2, 0.25) is 0 Å².